The Balaban J connectivity index is 1.63. The summed E-state index contributed by atoms with van der Waals surface area (Å²) in [4.78, 5) is 0. The molecule has 0 radical (unpaired) electrons. The van der Waals surface area contributed by atoms with E-state index in [2.05, 4.69) is 5.32 Å². The summed E-state index contributed by atoms with van der Waals surface area (Å²) in [5.74, 6) is -0.332. The second-order valence-electron chi connectivity index (χ2n) is 5.47. The van der Waals surface area contributed by atoms with Gasteiger partial charge in [-0.1, -0.05) is 0 Å². The molecule has 0 aromatic heterocycles. The van der Waals surface area contributed by atoms with Crippen molar-refractivity contribution in [3.05, 3.63) is 0 Å². The Bertz CT molecular complexity index is 261. The van der Waals surface area contributed by atoms with Crippen molar-refractivity contribution in [2.75, 3.05) is 20.3 Å². The van der Waals surface area contributed by atoms with Gasteiger partial charge in [0.15, 0.2) is 5.79 Å². The lowest BCUT2D eigenvalue weighted by atomic mass is 9.86. The standard InChI is InChI=1S/C13H23NO3/c1-14-11-5-6-13(15-7-8-16-13)9-12(11)17-10-3-2-4-10/h10-12,14H,2-9H2,1H3. The van der Waals surface area contributed by atoms with Gasteiger partial charge in [0.05, 0.1) is 25.4 Å². The van der Waals surface area contributed by atoms with Crippen LogP contribution in [0.3, 0.4) is 0 Å². The van der Waals surface area contributed by atoms with Crippen LogP contribution < -0.4 is 5.32 Å². The third-order valence-corrected chi connectivity index (χ3v) is 4.40. The van der Waals surface area contributed by atoms with Gasteiger partial charge in [-0.15, -0.1) is 0 Å². The molecule has 0 amide bonds. The maximum atomic E-state index is 6.19. The summed E-state index contributed by atoms with van der Waals surface area (Å²) in [5.41, 5.74) is 0. The van der Waals surface area contributed by atoms with E-state index in [0.29, 0.717) is 12.1 Å². The van der Waals surface area contributed by atoms with E-state index in [9.17, 15) is 0 Å². The van der Waals surface area contributed by atoms with Gasteiger partial charge in [-0.2, -0.15) is 0 Å². The van der Waals surface area contributed by atoms with Gasteiger partial charge in [0.25, 0.3) is 0 Å². The minimum absolute atomic E-state index is 0.247. The maximum Gasteiger partial charge on any atom is 0.171 e. The Morgan fingerprint density at radius 2 is 1.94 bits per heavy atom. The third kappa shape index (κ3) is 2.36. The van der Waals surface area contributed by atoms with E-state index < -0.39 is 0 Å². The summed E-state index contributed by atoms with van der Waals surface area (Å²) in [6, 6.07) is 0.453. The van der Waals surface area contributed by atoms with Crippen molar-refractivity contribution >= 4 is 0 Å². The molecule has 2 aliphatic carbocycles. The Morgan fingerprint density at radius 1 is 1.18 bits per heavy atom. The Hall–Kier alpha value is -0.160. The molecule has 98 valence electrons. The van der Waals surface area contributed by atoms with Crippen LogP contribution in [0.1, 0.15) is 38.5 Å². The molecule has 2 atom stereocenters. The molecular weight excluding hydrogens is 218 g/mol. The fourth-order valence-electron chi connectivity index (χ4n) is 3.10. The molecule has 2 saturated carbocycles. The smallest absolute Gasteiger partial charge is 0.171 e. The number of likely N-dealkylation sites (N-methyl/N-ethyl adjacent to an activating group) is 1. The highest BCUT2D eigenvalue weighted by molar-refractivity contribution is 4.92. The van der Waals surface area contributed by atoms with Crippen LogP contribution in [-0.4, -0.2) is 44.3 Å². The molecular formula is C13H23NO3. The summed E-state index contributed by atoms with van der Waals surface area (Å²) in [7, 11) is 2.02. The number of hydrogen-bond donors (Lipinski definition) is 1. The van der Waals surface area contributed by atoms with Gasteiger partial charge in [-0.05, 0) is 32.7 Å². The van der Waals surface area contributed by atoms with Crippen molar-refractivity contribution in [2.45, 2.75) is 62.6 Å². The minimum Gasteiger partial charge on any atom is -0.373 e. The van der Waals surface area contributed by atoms with Crippen molar-refractivity contribution in [3.63, 3.8) is 0 Å². The first-order chi connectivity index (χ1) is 8.31. The highest BCUT2D eigenvalue weighted by Crippen LogP contribution is 2.38. The van der Waals surface area contributed by atoms with Crippen LogP contribution in [0.5, 0.6) is 0 Å². The lowest BCUT2D eigenvalue weighted by Gasteiger charge is -2.43. The van der Waals surface area contributed by atoms with E-state index in [0.717, 1.165) is 32.5 Å². The second-order valence-corrected chi connectivity index (χ2v) is 5.47. The van der Waals surface area contributed by atoms with Crippen LogP contribution in [0.4, 0.5) is 0 Å². The predicted molar refractivity (Wildman–Crippen MR) is 63.8 cm³/mol. The summed E-state index contributed by atoms with van der Waals surface area (Å²) in [6.45, 7) is 1.47. The zero-order valence-corrected chi connectivity index (χ0v) is 10.6. The van der Waals surface area contributed by atoms with Crippen LogP contribution in [0.15, 0.2) is 0 Å². The van der Waals surface area contributed by atoms with Crippen molar-refractivity contribution in [1.82, 2.24) is 5.32 Å². The average Bonchev–Trinajstić information content (AvgIpc) is 2.72. The van der Waals surface area contributed by atoms with E-state index >= 15 is 0 Å². The van der Waals surface area contributed by atoms with Gasteiger partial charge in [0, 0.05) is 18.9 Å². The van der Waals surface area contributed by atoms with Gasteiger partial charge in [-0.25, -0.2) is 0 Å². The van der Waals surface area contributed by atoms with Crippen LogP contribution in [0.2, 0.25) is 0 Å². The fraction of sp³-hybridized carbons (Fsp3) is 1.00. The van der Waals surface area contributed by atoms with E-state index in [1.54, 1.807) is 0 Å². The largest absolute Gasteiger partial charge is 0.373 e. The highest BCUT2D eigenvalue weighted by atomic mass is 16.7. The van der Waals surface area contributed by atoms with E-state index in [-0.39, 0.29) is 11.9 Å². The molecule has 17 heavy (non-hydrogen) atoms. The lowest BCUT2D eigenvalue weighted by molar-refractivity contribution is -0.216. The van der Waals surface area contributed by atoms with Gasteiger partial charge in [0.2, 0.25) is 0 Å². The van der Waals surface area contributed by atoms with Crippen LogP contribution in [-0.2, 0) is 14.2 Å². The molecule has 4 nitrogen and oxygen atoms in total. The quantitative estimate of drug-likeness (QED) is 0.811. The molecule has 0 bridgehead atoms. The van der Waals surface area contributed by atoms with Crippen molar-refractivity contribution < 1.29 is 14.2 Å². The fourth-order valence-corrected chi connectivity index (χ4v) is 3.10. The summed E-state index contributed by atoms with van der Waals surface area (Å²) < 4.78 is 17.8. The molecule has 0 aromatic carbocycles. The molecule has 3 rings (SSSR count). The van der Waals surface area contributed by atoms with Crippen molar-refractivity contribution in [1.29, 1.82) is 0 Å². The normalized spacial score (nSPS) is 37.2. The number of rotatable bonds is 3. The van der Waals surface area contributed by atoms with Crippen LogP contribution in [0.25, 0.3) is 0 Å². The summed E-state index contributed by atoms with van der Waals surface area (Å²) in [5, 5.41) is 3.38. The molecule has 3 aliphatic rings. The maximum absolute atomic E-state index is 6.19. The molecule has 1 spiro atoms. The predicted octanol–water partition coefficient (Wildman–Crippen LogP) is 1.44. The molecule has 2 unspecified atom stereocenters. The Kier molecular flexibility index (Phi) is 3.39. The first kappa shape index (κ1) is 11.9. The molecule has 0 aromatic rings. The lowest BCUT2D eigenvalue weighted by Crippen LogP contribution is -2.52. The first-order valence-electron chi connectivity index (χ1n) is 6.92. The molecule has 1 saturated heterocycles. The SMILES string of the molecule is CNC1CCC2(CC1OC1CCC1)OCCO2. The van der Waals surface area contributed by atoms with Gasteiger partial charge in [-0.3, -0.25) is 0 Å². The average molecular weight is 241 g/mol. The Labute approximate surface area is 103 Å². The second kappa shape index (κ2) is 4.84. The summed E-state index contributed by atoms with van der Waals surface area (Å²) >= 11 is 0. The van der Waals surface area contributed by atoms with Gasteiger partial charge in [0.1, 0.15) is 0 Å². The first-order valence-corrected chi connectivity index (χ1v) is 6.92. The Morgan fingerprint density at radius 3 is 2.53 bits per heavy atom. The van der Waals surface area contributed by atoms with Gasteiger partial charge < -0.3 is 19.5 Å². The molecule has 1 N–H and O–H groups in total. The molecule has 4 heteroatoms. The monoisotopic (exact) mass is 241 g/mol. The highest BCUT2D eigenvalue weighted by Gasteiger charge is 2.46. The van der Waals surface area contributed by atoms with Crippen LogP contribution >= 0.6 is 0 Å². The minimum atomic E-state index is -0.332. The van der Waals surface area contributed by atoms with Crippen molar-refractivity contribution in [2.24, 2.45) is 0 Å². The number of ether oxygens (including phenoxy) is 3. The van der Waals surface area contributed by atoms with E-state index in [4.69, 9.17) is 14.2 Å². The van der Waals surface area contributed by atoms with Crippen molar-refractivity contribution in [3.8, 4) is 0 Å². The molecule has 1 heterocycles. The van der Waals surface area contributed by atoms with E-state index in [1.165, 1.54) is 19.3 Å². The van der Waals surface area contributed by atoms with Gasteiger partial charge >= 0.3 is 0 Å². The molecule has 1 aliphatic heterocycles. The zero-order valence-electron chi connectivity index (χ0n) is 10.6. The third-order valence-electron chi connectivity index (χ3n) is 4.40. The zero-order chi connectivity index (χ0) is 11.7. The van der Waals surface area contributed by atoms with E-state index in [1.807, 2.05) is 7.05 Å². The molecule has 3 fully saturated rings. The number of nitrogens with one attached hydrogen (secondary N) is 1. The van der Waals surface area contributed by atoms with Crippen LogP contribution in [0, 0.1) is 0 Å². The topological polar surface area (TPSA) is 39.7 Å². The summed E-state index contributed by atoms with van der Waals surface area (Å²) in [6.07, 6.45) is 7.44. The number of hydrogen-bond acceptors (Lipinski definition) is 4.